The number of benzene rings is 1. The molecule has 2 saturated carbocycles. The van der Waals surface area contributed by atoms with E-state index in [9.17, 15) is 13.2 Å². The summed E-state index contributed by atoms with van der Waals surface area (Å²) in [4.78, 5) is 25.6. The zero-order valence-corrected chi connectivity index (χ0v) is 23.0. The van der Waals surface area contributed by atoms with Crippen LogP contribution >= 0.6 is 34.8 Å². The first-order valence-corrected chi connectivity index (χ1v) is 15.0. The predicted octanol–water partition coefficient (Wildman–Crippen LogP) is 4.73. The van der Waals surface area contributed by atoms with E-state index >= 15 is 0 Å². The van der Waals surface area contributed by atoms with Gasteiger partial charge in [0.1, 0.15) is 15.4 Å². The third-order valence-electron chi connectivity index (χ3n) is 7.17. The van der Waals surface area contributed by atoms with Gasteiger partial charge in [-0.2, -0.15) is 4.98 Å². The summed E-state index contributed by atoms with van der Waals surface area (Å²) in [7, 11) is -3.06. The zero-order chi connectivity index (χ0) is 26.5. The fourth-order valence-electron chi connectivity index (χ4n) is 5.00. The normalized spacial score (nSPS) is 24.0. The number of nitrogens with two attached hydrogens (primary N) is 1. The van der Waals surface area contributed by atoms with Crippen molar-refractivity contribution in [3.05, 3.63) is 33.4 Å². The van der Waals surface area contributed by atoms with E-state index in [0.29, 0.717) is 82.3 Å². The molecule has 2 aliphatic carbocycles. The second kappa shape index (κ2) is 10.1. The Balaban J connectivity index is 1.48. The van der Waals surface area contributed by atoms with E-state index in [1.54, 1.807) is 18.3 Å². The van der Waals surface area contributed by atoms with Crippen LogP contribution in [0.1, 0.15) is 44.6 Å². The molecular formula is C23H26Cl3N7O3S. The summed E-state index contributed by atoms with van der Waals surface area (Å²) in [5.41, 5.74) is 7.17. The lowest BCUT2D eigenvalue weighted by Gasteiger charge is -2.34. The number of carbonyl (C=O) groups is 1. The van der Waals surface area contributed by atoms with Crippen LogP contribution in [0.15, 0.2) is 18.3 Å². The maximum atomic E-state index is 11.8. The largest absolute Gasteiger partial charge is 0.369 e. The van der Waals surface area contributed by atoms with Gasteiger partial charge in [-0.15, -0.1) is 0 Å². The van der Waals surface area contributed by atoms with E-state index in [0.717, 1.165) is 0 Å². The molecule has 2 fully saturated rings. The first-order valence-electron chi connectivity index (χ1n) is 11.9. The molecular weight excluding hydrogens is 561 g/mol. The number of imidazole rings is 1. The summed E-state index contributed by atoms with van der Waals surface area (Å²) in [6.07, 6.45) is 6.64. The highest BCUT2D eigenvalue weighted by atomic mass is 35.5. The quantitative estimate of drug-likeness (QED) is 0.360. The SMILES string of the molecule is CS(=O)(=O)C1CC(Nc2ncc3nc(Nc4c(Cl)cc(Cl)cc4Cl)n(C4CCC(C(N)=O)CC4)c3n2)C1. The number of nitrogens with zero attached hydrogens (tertiary/aromatic N) is 4. The van der Waals surface area contributed by atoms with Gasteiger partial charge in [-0.05, 0) is 50.7 Å². The Kier molecular flexibility index (Phi) is 7.16. The van der Waals surface area contributed by atoms with Crippen molar-refractivity contribution < 1.29 is 13.2 Å². The summed E-state index contributed by atoms with van der Waals surface area (Å²) >= 11 is 18.9. The molecule has 2 aliphatic rings. The number of halogens is 3. The minimum atomic E-state index is -3.06. The Morgan fingerprint density at radius 2 is 1.73 bits per heavy atom. The van der Waals surface area contributed by atoms with Crippen LogP contribution in [0.25, 0.3) is 11.2 Å². The van der Waals surface area contributed by atoms with Gasteiger partial charge in [0.25, 0.3) is 0 Å². The molecule has 14 heteroatoms. The second-order valence-electron chi connectivity index (χ2n) is 9.75. The standard InChI is InChI=1S/C23H26Cl3N7O3S/c1-37(35,36)15-8-13(9-15)29-22-28-10-18-21(32-22)33(14-4-2-11(3-5-14)20(27)34)23(30-18)31-19-16(25)6-12(24)7-17(19)26/h6-7,10-11,13-15H,2-5,8-9H2,1H3,(H2,27,34)(H,30,31)(H,28,29,32). The Hall–Kier alpha value is -2.34. The van der Waals surface area contributed by atoms with Crippen LogP contribution in [0.2, 0.25) is 15.1 Å². The van der Waals surface area contributed by atoms with Gasteiger partial charge in [-0.3, -0.25) is 9.36 Å². The molecule has 198 valence electrons. The van der Waals surface area contributed by atoms with Crippen LogP contribution in [0.3, 0.4) is 0 Å². The van der Waals surface area contributed by atoms with Crippen molar-refractivity contribution in [1.82, 2.24) is 19.5 Å². The minimum absolute atomic E-state index is 0.00554. The molecule has 1 amide bonds. The zero-order valence-electron chi connectivity index (χ0n) is 19.9. The molecule has 0 saturated heterocycles. The number of hydrogen-bond acceptors (Lipinski definition) is 8. The van der Waals surface area contributed by atoms with Crippen LogP contribution < -0.4 is 16.4 Å². The number of primary amides is 1. The van der Waals surface area contributed by atoms with Crippen molar-refractivity contribution in [2.75, 3.05) is 16.9 Å². The monoisotopic (exact) mass is 585 g/mol. The molecule has 0 unspecified atom stereocenters. The number of rotatable bonds is 7. The maximum absolute atomic E-state index is 11.8. The molecule has 5 rings (SSSR count). The maximum Gasteiger partial charge on any atom is 0.224 e. The van der Waals surface area contributed by atoms with E-state index in [4.69, 9.17) is 50.5 Å². The first kappa shape index (κ1) is 26.3. The van der Waals surface area contributed by atoms with Gasteiger partial charge in [-0.1, -0.05) is 34.8 Å². The smallest absolute Gasteiger partial charge is 0.224 e. The fraction of sp³-hybridized carbons (Fsp3) is 0.478. The fourth-order valence-corrected chi connectivity index (χ4v) is 7.08. The minimum Gasteiger partial charge on any atom is -0.369 e. The van der Waals surface area contributed by atoms with Crippen molar-refractivity contribution in [2.45, 2.75) is 55.9 Å². The van der Waals surface area contributed by atoms with Crippen LogP contribution in [0.5, 0.6) is 0 Å². The topological polar surface area (TPSA) is 145 Å². The van der Waals surface area contributed by atoms with Gasteiger partial charge in [0.2, 0.25) is 17.8 Å². The van der Waals surface area contributed by atoms with E-state index in [1.165, 1.54) is 6.26 Å². The van der Waals surface area contributed by atoms with Crippen LogP contribution in [0, 0.1) is 5.92 Å². The van der Waals surface area contributed by atoms with Gasteiger partial charge in [0.15, 0.2) is 5.65 Å². The van der Waals surface area contributed by atoms with E-state index in [-0.39, 0.29) is 29.2 Å². The molecule has 10 nitrogen and oxygen atoms in total. The van der Waals surface area contributed by atoms with Crippen LogP contribution in [-0.4, -0.2) is 51.4 Å². The lowest BCUT2D eigenvalue weighted by atomic mass is 9.85. The predicted molar refractivity (Wildman–Crippen MR) is 146 cm³/mol. The number of fused-ring (bicyclic) bond motifs is 1. The summed E-state index contributed by atoms with van der Waals surface area (Å²) in [5, 5.41) is 7.24. The summed E-state index contributed by atoms with van der Waals surface area (Å²) < 4.78 is 25.5. The van der Waals surface area contributed by atoms with Crippen molar-refractivity contribution in [2.24, 2.45) is 11.7 Å². The van der Waals surface area contributed by atoms with Crippen LogP contribution in [0.4, 0.5) is 17.6 Å². The average molecular weight is 587 g/mol. The Morgan fingerprint density at radius 3 is 2.32 bits per heavy atom. The molecule has 4 N–H and O–H groups in total. The second-order valence-corrected chi connectivity index (χ2v) is 13.3. The highest BCUT2D eigenvalue weighted by molar-refractivity contribution is 7.91. The third-order valence-corrected chi connectivity index (χ3v) is 9.58. The number of sulfone groups is 1. The number of amides is 1. The summed E-state index contributed by atoms with van der Waals surface area (Å²) in [6.45, 7) is 0. The molecule has 0 spiro atoms. The van der Waals surface area contributed by atoms with Gasteiger partial charge < -0.3 is 16.4 Å². The number of anilines is 3. The highest BCUT2D eigenvalue weighted by Crippen LogP contribution is 2.40. The lowest BCUT2D eigenvalue weighted by molar-refractivity contribution is -0.122. The van der Waals surface area contributed by atoms with Crippen molar-refractivity contribution in [3.8, 4) is 0 Å². The Labute approximate surface area is 229 Å². The molecule has 0 aliphatic heterocycles. The molecule has 37 heavy (non-hydrogen) atoms. The van der Waals surface area contributed by atoms with Crippen molar-refractivity contribution >= 4 is 79.3 Å². The number of hydrogen-bond donors (Lipinski definition) is 3. The Morgan fingerprint density at radius 1 is 1.08 bits per heavy atom. The van der Waals surface area contributed by atoms with Crippen LogP contribution in [-0.2, 0) is 14.6 Å². The first-order chi connectivity index (χ1) is 17.5. The third kappa shape index (κ3) is 5.45. The molecule has 3 aromatic rings. The lowest BCUT2D eigenvalue weighted by Crippen LogP contribution is -2.43. The van der Waals surface area contributed by atoms with Gasteiger partial charge in [0, 0.05) is 29.3 Å². The highest BCUT2D eigenvalue weighted by Gasteiger charge is 2.37. The summed E-state index contributed by atoms with van der Waals surface area (Å²) in [6, 6.07) is 3.15. The molecule has 0 radical (unpaired) electrons. The molecule has 2 heterocycles. The number of aromatic nitrogens is 4. The number of nitrogens with one attached hydrogen (secondary N) is 2. The average Bonchev–Trinajstić information content (AvgIpc) is 3.14. The molecule has 1 aromatic carbocycles. The van der Waals surface area contributed by atoms with Crippen molar-refractivity contribution in [3.63, 3.8) is 0 Å². The van der Waals surface area contributed by atoms with Gasteiger partial charge >= 0.3 is 0 Å². The van der Waals surface area contributed by atoms with Gasteiger partial charge in [0.05, 0.1) is 27.2 Å². The van der Waals surface area contributed by atoms with Crippen molar-refractivity contribution in [1.29, 1.82) is 0 Å². The van der Waals surface area contributed by atoms with E-state index < -0.39 is 9.84 Å². The Bertz CT molecular complexity index is 1440. The molecule has 0 atom stereocenters. The number of carbonyl (C=O) groups excluding carboxylic acids is 1. The molecule has 2 aromatic heterocycles. The van der Waals surface area contributed by atoms with E-state index in [1.807, 2.05) is 4.57 Å². The molecule has 0 bridgehead atoms. The van der Waals surface area contributed by atoms with E-state index in [2.05, 4.69) is 15.6 Å². The van der Waals surface area contributed by atoms with Gasteiger partial charge in [-0.25, -0.2) is 18.4 Å². The summed E-state index contributed by atoms with van der Waals surface area (Å²) in [5.74, 6) is 0.436.